The number of sulfonamides is 1. The summed E-state index contributed by atoms with van der Waals surface area (Å²) in [5.74, 6) is 0. The summed E-state index contributed by atoms with van der Waals surface area (Å²) < 4.78 is 27.8. The van der Waals surface area contributed by atoms with Crippen LogP contribution in [0.25, 0.3) is 11.1 Å². The van der Waals surface area contributed by atoms with E-state index >= 15 is 0 Å². The molecule has 0 unspecified atom stereocenters. The van der Waals surface area contributed by atoms with Crippen molar-refractivity contribution in [3.05, 3.63) is 84.9 Å². The van der Waals surface area contributed by atoms with Crippen molar-refractivity contribution in [2.75, 3.05) is 4.31 Å². The van der Waals surface area contributed by atoms with Gasteiger partial charge in [0.15, 0.2) is 0 Å². The number of nitrogens with zero attached hydrogens (tertiary/aromatic N) is 1. The Kier molecular flexibility index (Phi) is 4.91. The van der Waals surface area contributed by atoms with Gasteiger partial charge in [0.05, 0.1) is 10.6 Å². The lowest BCUT2D eigenvalue weighted by Crippen LogP contribution is -2.36. The highest BCUT2D eigenvalue weighted by molar-refractivity contribution is 7.92. The van der Waals surface area contributed by atoms with E-state index in [1.807, 2.05) is 86.6 Å². The van der Waals surface area contributed by atoms with Gasteiger partial charge in [-0.2, -0.15) is 0 Å². The zero-order valence-corrected chi connectivity index (χ0v) is 15.1. The van der Waals surface area contributed by atoms with Crippen LogP contribution in [0.4, 0.5) is 5.69 Å². The standard InChI is InChI=1S/C21H21NO2S/c1-17(2)22(20-11-7-4-8-12-20)25(23,24)21-15-13-19(14-16-21)18-9-5-3-6-10-18/h3-17H,1-2H3. The third-order valence-electron chi connectivity index (χ3n) is 4.00. The van der Waals surface area contributed by atoms with Crippen molar-refractivity contribution in [1.82, 2.24) is 0 Å². The quantitative estimate of drug-likeness (QED) is 0.652. The fourth-order valence-corrected chi connectivity index (χ4v) is 4.51. The maximum Gasteiger partial charge on any atom is 0.264 e. The van der Waals surface area contributed by atoms with Crippen molar-refractivity contribution < 1.29 is 8.42 Å². The van der Waals surface area contributed by atoms with E-state index in [0.717, 1.165) is 11.1 Å². The first-order chi connectivity index (χ1) is 12.0. The van der Waals surface area contributed by atoms with Gasteiger partial charge < -0.3 is 0 Å². The molecule has 4 heteroatoms. The van der Waals surface area contributed by atoms with Gasteiger partial charge in [0.25, 0.3) is 10.0 Å². The van der Waals surface area contributed by atoms with E-state index in [9.17, 15) is 8.42 Å². The fourth-order valence-electron chi connectivity index (χ4n) is 2.85. The molecule has 3 aromatic rings. The number of hydrogen-bond donors (Lipinski definition) is 0. The molecular weight excluding hydrogens is 330 g/mol. The molecule has 25 heavy (non-hydrogen) atoms. The summed E-state index contributed by atoms with van der Waals surface area (Å²) in [6, 6.07) is 26.0. The van der Waals surface area contributed by atoms with Crippen LogP contribution in [0, 0.1) is 0 Å². The summed E-state index contributed by atoms with van der Waals surface area (Å²) in [6.07, 6.45) is 0. The van der Waals surface area contributed by atoms with Gasteiger partial charge in [-0.1, -0.05) is 60.7 Å². The third kappa shape index (κ3) is 3.59. The van der Waals surface area contributed by atoms with Gasteiger partial charge in [0, 0.05) is 6.04 Å². The van der Waals surface area contributed by atoms with Crippen molar-refractivity contribution in [2.24, 2.45) is 0 Å². The van der Waals surface area contributed by atoms with Gasteiger partial charge in [-0.15, -0.1) is 0 Å². The summed E-state index contributed by atoms with van der Waals surface area (Å²) in [4.78, 5) is 0.296. The van der Waals surface area contributed by atoms with Crippen molar-refractivity contribution in [3.8, 4) is 11.1 Å². The monoisotopic (exact) mass is 351 g/mol. The zero-order chi connectivity index (χ0) is 17.9. The number of hydrogen-bond acceptors (Lipinski definition) is 2. The molecule has 0 aliphatic rings. The number of para-hydroxylation sites is 1. The van der Waals surface area contributed by atoms with E-state index in [4.69, 9.17) is 0 Å². The summed E-state index contributed by atoms with van der Waals surface area (Å²) in [7, 11) is -3.62. The molecule has 3 aromatic carbocycles. The molecule has 3 rings (SSSR count). The SMILES string of the molecule is CC(C)N(c1ccccc1)S(=O)(=O)c1ccc(-c2ccccc2)cc1. The van der Waals surface area contributed by atoms with E-state index < -0.39 is 10.0 Å². The van der Waals surface area contributed by atoms with Crippen LogP contribution in [0.2, 0.25) is 0 Å². The molecule has 0 aliphatic carbocycles. The van der Waals surface area contributed by atoms with Gasteiger partial charge in [0.1, 0.15) is 0 Å². The highest BCUT2D eigenvalue weighted by atomic mass is 32.2. The zero-order valence-electron chi connectivity index (χ0n) is 14.3. The highest BCUT2D eigenvalue weighted by Gasteiger charge is 2.27. The molecule has 0 N–H and O–H groups in total. The van der Waals surface area contributed by atoms with E-state index in [0.29, 0.717) is 10.6 Å². The Hall–Kier alpha value is -2.59. The molecule has 128 valence electrons. The lowest BCUT2D eigenvalue weighted by Gasteiger charge is -2.28. The molecule has 0 aliphatic heterocycles. The molecule has 3 nitrogen and oxygen atoms in total. The van der Waals surface area contributed by atoms with E-state index in [-0.39, 0.29) is 6.04 Å². The minimum absolute atomic E-state index is 0.179. The topological polar surface area (TPSA) is 37.4 Å². The number of rotatable bonds is 5. The molecule has 0 heterocycles. The molecule has 0 fully saturated rings. The maximum atomic E-state index is 13.1. The van der Waals surface area contributed by atoms with Crippen molar-refractivity contribution in [1.29, 1.82) is 0 Å². The second-order valence-electron chi connectivity index (χ2n) is 6.12. The van der Waals surface area contributed by atoms with Gasteiger partial charge in [-0.3, -0.25) is 4.31 Å². The third-order valence-corrected chi connectivity index (χ3v) is 6.02. The van der Waals surface area contributed by atoms with Crippen LogP contribution < -0.4 is 4.31 Å². The van der Waals surface area contributed by atoms with Crippen molar-refractivity contribution in [2.45, 2.75) is 24.8 Å². The number of anilines is 1. The van der Waals surface area contributed by atoms with Gasteiger partial charge in [-0.05, 0) is 49.2 Å². The molecule has 0 saturated carbocycles. The van der Waals surface area contributed by atoms with Crippen molar-refractivity contribution in [3.63, 3.8) is 0 Å². The summed E-state index contributed by atoms with van der Waals surface area (Å²) >= 11 is 0. The predicted octanol–water partition coefficient (Wildman–Crippen LogP) is 4.96. The van der Waals surface area contributed by atoms with Crippen LogP contribution in [0.1, 0.15) is 13.8 Å². The Morgan fingerprint density at radius 1 is 0.680 bits per heavy atom. The molecule has 0 aromatic heterocycles. The smallest absolute Gasteiger partial charge is 0.264 e. The van der Waals surface area contributed by atoms with Crippen LogP contribution in [-0.4, -0.2) is 14.5 Å². The fraction of sp³-hybridized carbons (Fsp3) is 0.143. The van der Waals surface area contributed by atoms with Crippen LogP contribution in [-0.2, 0) is 10.0 Å². The Morgan fingerprint density at radius 2 is 1.16 bits per heavy atom. The second kappa shape index (κ2) is 7.11. The highest BCUT2D eigenvalue weighted by Crippen LogP contribution is 2.27. The molecule has 0 spiro atoms. The average molecular weight is 351 g/mol. The molecular formula is C21H21NO2S. The Bertz CT molecular complexity index is 919. The first kappa shape index (κ1) is 17.2. The van der Waals surface area contributed by atoms with Crippen LogP contribution in [0.3, 0.4) is 0 Å². The van der Waals surface area contributed by atoms with Crippen molar-refractivity contribution >= 4 is 15.7 Å². The average Bonchev–Trinajstić information content (AvgIpc) is 2.63. The summed E-state index contributed by atoms with van der Waals surface area (Å²) in [5, 5.41) is 0. The molecule has 0 amide bonds. The first-order valence-electron chi connectivity index (χ1n) is 8.25. The van der Waals surface area contributed by atoms with Gasteiger partial charge >= 0.3 is 0 Å². The van der Waals surface area contributed by atoms with Gasteiger partial charge in [0.2, 0.25) is 0 Å². The Morgan fingerprint density at radius 3 is 1.68 bits per heavy atom. The van der Waals surface area contributed by atoms with E-state index in [1.54, 1.807) is 12.1 Å². The molecule has 0 atom stereocenters. The van der Waals surface area contributed by atoms with Crippen LogP contribution >= 0.6 is 0 Å². The normalized spacial score (nSPS) is 11.5. The molecule has 0 bridgehead atoms. The Labute approximate surface area is 149 Å². The summed E-state index contributed by atoms with van der Waals surface area (Å²) in [6.45, 7) is 3.76. The van der Waals surface area contributed by atoms with E-state index in [2.05, 4.69) is 0 Å². The lowest BCUT2D eigenvalue weighted by atomic mass is 10.1. The lowest BCUT2D eigenvalue weighted by molar-refractivity contribution is 0.584. The van der Waals surface area contributed by atoms with Gasteiger partial charge in [-0.25, -0.2) is 8.42 Å². The minimum Gasteiger partial charge on any atom is -0.264 e. The minimum atomic E-state index is -3.62. The first-order valence-corrected chi connectivity index (χ1v) is 9.69. The summed E-state index contributed by atoms with van der Waals surface area (Å²) in [5.41, 5.74) is 2.73. The largest absolute Gasteiger partial charge is 0.264 e. The predicted molar refractivity (Wildman–Crippen MR) is 103 cm³/mol. The number of benzene rings is 3. The molecule has 0 radical (unpaired) electrons. The maximum absolute atomic E-state index is 13.1. The Balaban J connectivity index is 1.99. The molecule has 0 saturated heterocycles. The second-order valence-corrected chi connectivity index (χ2v) is 7.94. The van der Waals surface area contributed by atoms with E-state index in [1.165, 1.54) is 4.31 Å². The van der Waals surface area contributed by atoms with Crippen LogP contribution in [0.5, 0.6) is 0 Å². The van der Waals surface area contributed by atoms with Crippen LogP contribution in [0.15, 0.2) is 89.8 Å².